The quantitative estimate of drug-likeness (QED) is 0.619. The Morgan fingerprint density at radius 2 is 1.67 bits per heavy atom. The van der Waals surface area contributed by atoms with E-state index in [2.05, 4.69) is 29.6 Å². The number of thioether (sulfide) groups is 1. The van der Waals surface area contributed by atoms with Gasteiger partial charge in [-0.15, -0.1) is 11.8 Å². The van der Waals surface area contributed by atoms with Gasteiger partial charge in [0.1, 0.15) is 0 Å². The molecule has 3 N–H and O–H groups in total. The second-order valence-electron chi connectivity index (χ2n) is 6.31. The summed E-state index contributed by atoms with van der Waals surface area (Å²) in [4.78, 5) is 15.3. The third-order valence-electron chi connectivity index (χ3n) is 4.01. The topological polar surface area (TPSA) is 92.5 Å². The number of nitrogens with one attached hydrogen (secondary N) is 1. The van der Waals surface area contributed by atoms with E-state index < -0.39 is 10.0 Å². The van der Waals surface area contributed by atoms with Gasteiger partial charge in [0.15, 0.2) is 0 Å². The van der Waals surface area contributed by atoms with E-state index in [1.54, 1.807) is 23.9 Å². The van der Waals surface area contributed by atoms with Crippen LogP contribution in [-0.2, 0) is 27.8 Å². The molecule has 0 aliphatic heterocycles. The average molecular weight is 408 g/mol. The molecule has 0 atom stereocenters. The minimum Gasteiger partial charge on any atom is -0.355 e. The molecule has 2 aromatic rings. The normalized spacial score (nSPS) is 11.6. The molecule has 2 aromatic carbocycles. The minimum atomic E-state index is -3.67. The summed E-state index contributed by atoms with van der Waals surface area (Å²) in [7, 11) is -1.76. The third-order valence-corrected chi connectivity index (χ3v) is 5.69. The maximum absolute atomic E-state index is 12.1. The van der Waals surface area contributed by atoms with Gasteiger partial charge >= 0.3 is 0 Å². The lowest BCUT2D eigenvalue weighted by atomic mass is 10.1. The van der Waals surface area contributed by atoms with Gasteiger partial charge in [-0.2, -0.15) is 0 Å². The van der Waals surface area contributed by atoms with Crippen molar-refractivity contribution in [1.29, 1.82) is 0 Å². The summed E-state index contributed by atoms with van der Waals surface area (Å²) in [6.45, 7) is 1.51. The molecule has 0 saturated heterocycles. The summed E-state index contributed by atoms with van der Waals surface area (Å²) >= 11 is 1.70. The first-order valence-corrected chi connectivity index (χ1v) is 11.2. The molecule has 1 amide bonds. The van der Waals surface area contributed by atoms with Crippen molar-refractivity contribution in [2.24, 2.45) is 5.14 Å². The molecule has 0 radical (unpaired) electrons. The number of rotatable bonds is 9. The van der Waals surface area contributed by atoms with Crippen molar-refractivity contribution < 1.29 is 13.2 Å². The number of nitrogens with two attached hydrogens (primary N) is 1. The highest BCUT2D eigenvalue weighted by Crippen LogP contribution is 2.15. The SMILES string of the molecule is CSc1ccc(CN(C)CC(=O)NCCc2ccc(S(N)(=O)=O)cc2)cc1. The average Bonchev–Trinajstić information content (AvgIpc) is 2.62. The Morgan fingerprint density at radius 1 is 1.07 bits per heavy atom. The van der Waals surface area contributed by atoms with Crippen molar-refractivity contribution in [2.75, 3.05) is 26.4 Å². The summed E-state index contributed by atoms with van der Waals surface area (Å²) in [6, 6.07) is 14.7. The second kappa shape index (κ2) is 9.89. The van der Waals surface area contributed by atoms with Gasteiger partial charge in [-0.05, 0) is 55.1 Å². The Labute approximate surface area is 165 Å². The molecule has 6 nitrogen and oxygen atoms in total. The molecule has 0 fully saturated rings. The van der Waals surface area contributed by atoms with Gasteiger partial charge in [0.25, 0.3) is 0 Å². The van der Waals surface area contributed by atoms with Gasteiger partial charge in [0.2, 0.25) is 15.9 Å². The number of amides is 1. The molecular weight excluding hydrogens is 382 g/mol. The number of sulfonamides is 1. The largest absolute Gasteiger partial charge is 0.355 e. The van der Waals surface area contributed by atoms with Crippen LogP contribution in [0.1, 0.15) is 11.1 Å². The Morgan fingerprint density at radius 3 is 2.22 bits per heavy atom. The van der Waals surface area contributed by atoms with Crippen molar-refractivity contribution in [3.8, 4) is 0 Å². The van der Waals surface area contributed by atoms with E-state index >= 15 is 0 Å². The van der Waals surface area contributed by atoms with Crippen LogP contribution in [-0.4, -0.2) is 45.6 Å². The minimum absolute atomic E-state index is 0.0422. The van der Waals surface area contributed by atoms with E-state index in [9.17, 15) is 13.2 Å². The zero-order valence-electron chi connectivity index (χ0n) is 15.5. The molecule has 0 aliphatic carbocycles. The predicted molar refractivity (Wildman–Crippen MR) is 109 cm³/mol. The van der Waals surface area contributed by atoms with E-state index in [0.29, 0.717) is 26.1 Å². The van der Waals surface area contributed by atoms with Crippen molar-refractivity contribution in [3.63, 3.8) is 0 Å². The van der Waals surface area contributed by atoms with Crippen LogP contribution in [0.25, 0.3) is 0 Å². The number of nitrogens with zero attached hydrogens (tertiary/aromatic N) is 1. The Hall–Kier alpha value is -1.87. The summed E-state index contributed by atoms with van der Waals surface area (Å²) in [5.74, 6) is -0.0422. The molecule has 0 aliphatic rings. The lowest BCUT2D eigenvalue weighted by Crippen LogP contribution is -2.35. The molecule has 0 unspecified atom stereocenters. The molecule has 0 saturated carbocycles. The number of primary sulfonamides is 1. The zero-order valence-corrected chi connectivity index (χ0v) is 17.1. The van der Waals surface area contributed by atoms with Crippen LogP contribution < -0.4 is 10.5 Å². The first-order valence-electron chi connectivity index (χ1n) is 8.48. The molecule has 0 aromatic heterocycles. The lowest BCUT2D eigenvalue weighted by molar-refractivity contribution is -0.122. The fraction of sp³-hybridized carbons (Fsp3) is 0.316. The van der Waals surface area contributed by atoms with E-state index in [1.807, 2.05) is 18.2 Å². The summed E-state index contributed by atoms with van der Waals surface area (Å²) < 4.78 is 22.5. The number of hydrogen-bond acceptors (Lipinski definition) is 5. The summed E-state index contributed by atoms with van der Waals surface area (Å²) in [5.41, 5.74) is 2.10. The van der Waals surface area contributed by atoms with Crippen molar-refractivity contribution in [2.45, 2.75) is 22.8 Å². The second-order valence-corrected chi connectivity index (χ2v) is 8.75. The Bertz CT molecular complexity index is 851. The smallest absolute Gasteiger partial charge is 0.238 e. The van der Waals surface area contributed by atoms with Gasteiger partial charge < -0.3 is 5.32 Å². The number of carbonyl (C=O) groups is 1. The monoisotopic (exact) mass is 407 g/mol. The Kier molecular flexibility index (Phi) is 7.85. The summed E-state index contributed by atoms with van der Waals surface area (Å²) in [6.07, 6.45) is 2.66. The van der Waals surface area contributed by atoms with E-state index in [0.717, 1.165) is 11.1 Å². The highest BCUT2D eigenvalue weighted by atomic mass is 32.2. The van der Waals surface area contributed by atoms with E-state index in [1.165, 1.54) is 17.0 Å². The molecule has 8 heteroatoms. The van der Waals surface area contributed by atoms with Crippen LogP contribution in [0, 0.1) is 0 Å². The van der Waals surface area contributed by atoms with Gasteiger partial charge in [0.05, 0.1) is 11.4 Å². The van der Waals surface area contributed by atoms with Crippen LogP contribution in [0.3, 0.4) is 0 Å². The molecule has 0 spiro atoms. The summed E-state index contributed by atoms with van der Waals surface area (Å²) in [5, 5.41) is 7.96. The van der Waals surface area contributed by atoms with E-state index in [4.69, 9.17) is 5.14 Å². The van der Waals surface area contributed by atoms with Crippen LogP contribution >= 0.6 is 11.8 Å². The molecular formula is C19H25N3O3S2. The number of hydrogen-bond donors (Lipinski definition) is 2. The molecule has 0 bridgehead atoms. The third kappa shape index (κ3) is 7.34. The number of benzene rings is 2. The van der Waals surface area contributed by atoms with Gasteiger partial charge in [0, 0.05) is 18.0 Å². The van der Waals surface area contributed by atoms with Crippen molar-refractivity contribution in [1.82, 2.24) is 10.2 Å². The highest BCUT2D eigenvalue weighted by Gasteiger charge is 2.08. The lowest BCUT2D eigenvalue weighted by Gasteiger charge is -2.16. The maximum atomic E-state index is 12.1. The van der Waals surface area contributed by atoms with Crippen LogP contribution in [0.15, 0.2) is 58.3 Å². The molecule has 27 heavy (non-hydrogen) atoms. The fourth-order valence-corrected chi connectivity index (χ4v) is 3.52. The maximum Gasteiger partial charge on any atom is 0.238 e. The standard InChI is InChI=1S/C19H25N3O3S2/c1-22(13-16-3-7-17(26-2)8-4-16)14-19(23)21-12-11-15-5-9-18(10-6-15)27(20,24)25/h3-10H,11-14H2,1-2H3,(H,21,23)(H2,20,24,25). The molecule has 0 heterocycles. The zero-order chi connectivity index (χ0) is 19.9. The first kappa shape index (κ1) is 21.4. The molecule has 2 rings (SSSR count). The van der Waals surface area contributed by atoms with Crippen molar-refractivity contribution >= 4 is 27.7 Å². The highest BCUT2D eigenvalue weighted by molar-refractivity contribution is 7.98. The van der Waals surface area contributed by atoms with Gasteiger partial charge in [-0.3, -0.25) is 9.69 Å². The van der Waals surface area contributed by atoms with E-state index in [-0.39, 0.29) is 10.8 Å². The predicted octanol–water partition coefficient (Wildman–Crippen LogP) is 1.85. The van der Waals surface area contributed by atoms with Crippen molar-refractivity contribution in [3.05, 3.63) is 59.7 Å². The first-order chi connectivity index (χ1) is 12.8. The Balaban J connectivity index is 1.73. The van der Waals surface area contributed by atoms with Crippen LogP contribution in [0.5, 0.6) is 0 Å². The van der Waals surface area contributed by atoms with Crippen LogP contribution in [0.4, 0.5) is 0 Å². The van der Waals surface area contributed by atoms with Crippen LogP contribution in [0.2, 0.25) is 0 Å². The molecule has 146 valence electrons. The fourth-order valence-electron chi connectivity index (χ4n) is 2.59. The number of carbonyl (C=O) groups excluding carboxylic acids is 1. The number of likely N-dealkylation sites (N-methyl/N-ethyl adjacent to an activating group) is 1. The van der Waals surface area contributed by atoms with Gasteiger partial charge in [-0.1, -0.05) is 24.3 Å². The van der Waals surface area contributed by atoms with Gasteiger partial charge in [-0.25, -0.2) is 13.6 Å².